The molecule has 0 aliphatic carbocycles. The fraction of sp³-hybridized carbons (Fsp3) is 0.562. The van der Waals surface area contributed by atoms with Gasteiger partial charge in [0.05, 0.1) is 7.11 Å². The number of carbonyl (C=O) groups is 1. The first kappa shape index (κ1) is 15.8. The highest BCUT2D eigenvalue weighted by Crippen LogP contribution is 2.29. The molecular formula is C16H25N3O2. The molecule has 116 valence electrons. The normalized spacial score (nSPS) is 20.0. The summed E-state index contributed by atoms with van der Waals surface area (Å²) in [6.45, 7) is 3.73. The summed E-state index contributed by atoms with van der Waals surface area (Å²) in [5.41, 5.74) is 12.8. The Morgan fingerprint density at radius 1 is 1.29 bits per heavy atom. The van der Waals surface area contributed by atoms with Crippen LogP contribution in [-0.4, -0.2) is 37.0 Å². The third-order valence-electron chi connectivity index (χ3n) is 4.28. The predicted molar refractivity (Wildman–Crippen MR) is 82.9 cm³/mol. The van der Waals surface area contributed by atoms with Crippen LogP contribution in [0.25, 0.3) is 0 Å². The molecule has 1 aliphatic rings. The van der Waals surface area contributed by atoms with Gasteiger partial charge in [0.2, 0.25) is 5.91 Å². The number of piperidine rings is 1. The first-order valence-corrected chi connectivity index (χ1v) is 7.46. The molecule has 0 spiro atoms. The number of likely N-dealkylation sites (tertiary alicyclic amines) is 1. The number of benzene rings is 1. The lowest BCUT2D eigenvalue weighted by molar-refractivity contribution is -0.123. The Kier molecular flexibility index (Phi) is 5.20. The maximum absolute atomic E-state index is 11.3. The molecule has 0 radical (unpaired) electrons. The van der Waals surface area contributed by atoms with E-state index in [-0.39, 0.29) is 23.9 Å². The van der Waals surface area contributed by atoms with Crippen LogP contribution >= 0.6 is 0 Å². The third kappa shape index (κ3) is 3.74. The zero-order chi connectivity index (χ0) is 15.4. The second-order valence-corrected chi connectivity index (χ2v) is 5.79. The second-order valence-electron chi connectivity index (χ2n) is 5.79. The number of nitrogens with two attached hydrogens (primary N) is 2. The Morgan fingerprint density at radius 3 is 2.29 bits per heavy atom. The van der Waals surface area contributed by atoms with E-state index in [9.17, 15) is 4.79 Å². The number of nitrogens with zero attached hydrogens (tertiary/aromatic N) is 1. The lowest BCUT2D eigenvalue weighted by Crippen LogP contribution is -2.45. The maximum Gasteiger partial charge on any atom is 0.220 e. The molecule has 1 fully saturated rings. The van der Waals surface area contributed by atoms with Gasteiger partial charge in [-0.3, -0.25) is 9.69 Å². The van der Waals surface area contributed by atoms with Crippen LogP contribution in [0.2, 0.25) is 0 Å². The fourth-order valence-corrected chi connectivity index (χ4v) is 3.11. The summed E-state index contributed by atoms with van der Waals surface area (Å²) in [6, 6.07) is 8.22. The number of primary amides is 1. The van der Waals surface area contributed by atoms with E-state index < -0.39 is 0 Å². The molecule has 5 heteroatoms. The standard InChI is InChI=1S/C16H25N3O2/c1-11(17)15(12-3-5-14(21-2)6-4-12)19-9-7-13(8-10-19)16(18)20/h3-6,11,13,15H,7-10,17H2,1-2H3,(H2,18,20). The van der Waals surface area contributed by atoms with Gasteiger partial charge in [-0.05, 0) is 50.6 Å². The van der Waals surface area contributed by atoms with Crippen molar-refractivity contribution in [2.45, 2.75) is 31.8 Å². The Hall–Kier alpha value is -1.59. The molecule has 0 aromatic heterocycles. The van der Waals surface area contributed by atoms with E-state index >= 15 is 0 Å². The van der Waals surface area contributed by atoms with Crippen molar-refractivity contribution in [1.82, 2.24) is 4.90 Å². The van der Waals surface area contributed by atoms with Crippen molar-refractivity contribution in [1.29, 1.82) is 0 Å². The Labute approximate surface area is 126 Å². The van der Waals surface area contributed by atoms with Crippen LogP contribution in [0.15, 0.2) is 24.3 Å². The monoisotopic (exact) mass is 291 g/mol. The van der Waals surface area contributed by atoms with Gasteiger partial charge >= 0.3 is 0 Å². The van der Waals surface area contributed by atoms with E-state index in [1.165, 1.54) is 5.56 Å². The van der Waals surface area contributed by atoms with Crippen LogP contribution in [0, 0.1) is 5.92 Å². The van der Waals surface area contributed by atoms with E-state index in [4.69, 9.17) is 16.2 Å². The summed E-state index contributed by atoms with van der Waals surface area (Å²) in [5, 5.41) is 0. The summed E-state index contributed by atoms with van der Waals surface area (Å²) in [5.74, 6) is 0.664. The molecule has 1 aliphatic heterocycles. The van der Waals surface area contributed by atoms with Crippen LogP contribution in [0.5, 0.6) is 5.75 Å². The van der Waals surface area contributed by atoms with Crippen molar-refractivity contribution in [3.8, 4) is 5.75 Å². The molecule has 2 atom stereocenters. The van der Waals surface area contributed by atoms with Gasteiger partial charge in [-0.25, -0.2) is 0 Å². The molecule has 4 N–H and O–H groups in total. The Bertz CT molecular complexity index is 465. The molecule has 1 aromatic carbocycles. The number of methoxy groups -OCH3 is 1. The molecule has 5 nitrogen and oxygen atoms in total. The van der Waals surface area contributed by atoms with Crippen LogP contribution < -0.4 is 16.2 Å². The number of carbonyl (C=O) groups excluding carboxylic acids is 1. The van der Waals surface area contributed by atoms with Crippen molar-refractivity contribution < 1.29 is 9.53 Å². The minimum atomic E-state index is -0.184. The molecule has 1 aromatic rings. The summed E-state index contributed by atoms with van der Waals surface area (Å²) >= 11 is 0. The van der Waals surface area contributed by atoms with Crippen LogP contribution in [0.4, 0.5) is 0 Å². The highest BCUT2D eigenvalue weighted by molar-refractivity contribution is 5.76. The topological polar surface area (TPSA) is 81.6 Å². The van der Waals surface area contributed by atoms with Gasteiger partial charge in [-0.2, -0.15) is 0 Å². The summed E-state index contributed by atoms with van der Waals surface area (Å²) in [4.78, 5) is 13.6. The lowest BCUT2D eigenvalue weighted by atomic mass is 9.91. The van der Waals surface area contributed by atoms with Gasteiger partial charge in [-0.15, -0.1) is 0 Å². The summed E-state index contributed by atoms with van der Waals surface area (Å²) in [7, 11) is 1.66. The quantitative estimate of drug-likeness (QED) is 0.856. The van der Waals surface area contributed by atoms with Crippen LogP contribution in [-0.2, 0) is 4.79 Å². The minimum absolute atomic E-state index is 0.00541. The van der Waals surface area contributed by atoms with Gasteiger partial charge in [0.1, 0.15) is 5.75 Å². The first-order valence-electron chi connectivity index (χ1n) is 7.46. The molecular weight excluding hydrogens is 266 g/mol. The van der Waals surface area contributed by atoms with Crippen molar-refractivity contribution in [2.24, 2.45) is 17.4 Å². The second kappa shape index (κ2) is 6.91. The molecule has 1 heterocycles. The Balaban J connectivity index is 2.10. The highest BCUT2D eigenvalue weighted by Gasteiger charge is 2.30. The lowest BCUT2D eigenvalue weighted by Gasteiger charge is -2.39. The van der Waals surface area contributed by atoms with E-state index in [1.54, 1.807) is 7.11 Å². The number of amides is 1. The maximum atomic E-state index is 11.3. The van der Waals surface area contributed by atoms with Crippen molar-refractivity contribution in [3.05, 3.63) is 29.8 Å². The molecule has 2 unspecified atom stereocenters. The largest absolute Gasteiger partial charge is 0.497 e. The van der Waals surface area contributed by atoms with E-state index in [0.717, 1.165) is 31.7 Å². The smallest absolute Gasteiger partial charge is 0.220 e. The van der Waals surface area contributed by atoms with Crippen molar-refractivity contribution in [3.63, 3.8) is 0 Å². The van der Waals surface area contributed by atoms with Crippen LogP contribution in [0.3, 0.4) is 0 Å². The van der Waals surface area contributed by atoms with Gasteiger partial charge in [0.15, 0.2) is 0 Å². The van der Waals surface area contributed by atoms with Gasteiger partial charge in [-0.1, -0.05) is 12.1 Å². The summed E-state index contributed by atoms with van der Waals surface area (Å²) < 4.78 is 5.20. The van der Waals surface area contributed by atoms with E-state index in [0.29, 0.717) is 0 Å². The average molecular weight is 291 g/mol. The van der Waals surface area contributed by atoms with Crippen LogP contribution in [0.1, 0.15) is 31.4 Å². The number of hydrogen-bond acceptors (Lipinski definition) is 4. The van der Waals surface area contributed by atoms with Gasteiger partial charge < -0.3 is 16.2 Å². The van der Waals surface area contributed by atoms with Gasteiger partial charge in [0.25, 0.3) is 0 Å². The summed E-state index contributed by atoms with van der Waals surface area (Å²) in [6.07, 6.45) is 1.63. The molecule has 2 rings (SSSR count). The molecule has 1 saturated heterocycles. The minimum Gasteiger partial charge on any atom is -0.497 e. The molecule has 21 heavy (non-hydrogen) atoms. The first-order chi connectivity index (χ1) is 10.0. The number of rotatable bonds is 5. The number of hydrogen-bond donors (Lipinski definition) is 2. The molecule has 0 bridgehead atoms. The third-order valence-corrected chi connectivity index (χ3v) is 4.28. The zero-order valence-electron chi connectivity index (χ0n) is 12.8. The van der Waals surface area contributed by atoms with Crippen molar-refractivity contribution >= 4 is 5.91 Å². The molecule has 0 saturated carbocycles. The van der Waals surface area contributed by atoms with Crippen molar-refractivity contribution in [2.75, 3.05) is 20.2 Å². The predicted octanol–water partition coefficient (Wildman–Crippen LogP) is 1.28. The van der Waals surface area contributed by atoms with Gasteiger partial charge in [0, 0.05) is 18.0 Å². The zero-order valence-corrected chi connectivity index (χ0v) is 12.8. The van der Waals surface area contributed by atoms with E-state index in [1.807, 2.05) is 19.1 Å². The fourth-order valence-electron chi connectivity index (χ4n) is 3.11. The van der Waals surface area contributed by atoms with E-state index in [2.05, 4.69) is 17.0 Å². The number of ether oxygens (including phenoxy) is 1. The SMILES string of the molecule is COc1ccc(C(C(C)N)N2CCC(C(N)=O)CC2)cc1. The average Bonchev–Trinajstić information content (AvgIpc) is 2.48. The Morgan fingerprint density at radius 2 is 1.86 bits per heavy atom. The molecule has 1 amide bonds. The highest BCUT2D eigenvalue weighted by atomic mass is 16.5.